The fourth-order valence-corrected chi connectivity index (χ4v) is 4.09. The van der Waals surface area contributed by atoms with Gasteiger partial charge in [0, 0.05) is 19.3 Å². The van der Waals surface area contributed by atoms with Gasteiger partial charge in [0.15, 0.2) is 0 Å². The fourth-order valence-electron chi connectivity index (χ4n) is 3.33. The molecule has 1 aliphatic carbocycles. The Morgan fingerprint density at radius 1 is 1.36 bits per heavy atom. The van der Waals surface area contributed by atoms with Crippen molar-refractivity contribution in [3.05, 3.63) is 36.5 Å². The molecule has 4 rings (SSSR count). The average Bonchev–Trinajstić information content (AvgIpc) is 3.32. The maximum Gasteiger partial charge on any atom is 0.243 e. The van der Waals surface area contributed by atoms with Crippen molar-refractivity contribution >= 4 is 39.1 Å². The summed E-state index contributed by atoms with van der Waals surface area (Å²) in [5.74, 6) is 0.970. The summed E-state index contributed by atoms with van der Waals surface area (Å²) in [5, 5.41) is 12.3. The van der Waals surface area contributed by atoms with Crippen LogP contribution in [-0.2, 0) is 11.8 Å². The Morgan fingerprint density at radius 2 is 2.18 bits per heavy atom. The molecule has 0 atom stereocenters. The molecule has 0 unspecified atom stereocenters. The number of aromatic nitrogens is 4. The Kier molecular flexibility index (Phi) is 5.25. The second-order valence-electron chi connectivity index (χ2n) is 6.82. The predicted molar refractivity (Wildman–Crippen MR) is 109 cm³/mol. The highest BCUT2D eigenvalue weighted by molar-refractivity contribution is 7.17. The number of amides is 1. The number of hydrogen-bond acceptors (Lipinski definition) is 7. The topological polar surface area (TPSA) is 94.0 Å². The van der Waals surface area contributed by atoms with Crippen LogP contribution in [-0.4, -0.2) is 37.8 Å². The molecule has 0 saturated heterocycles. The van der Waals surface area contributed by atoms with Crippen LogP contribution in [0.1, 0.15) is 25.7 Å². The lowest BCUT2D eigenvalue weighted by molar-refractivity contribution is -0.117. The number of carbonyl (C=O) groups is 1. The summed E-state index contributed by atoms with van der Waals surface area (Å²) in [6.07, 6.45) is 8.46. The maximum atomic E-state index is 11.5. The van der Waals surface area contributed by atoms with Crippen LogP contribution in [0, 0.1) is 0 Å². The Morgan fingerprint density at radius 3 is 2.89 bits per heavy atom. The predicted octanol–water partition coefficient (Wildman–Crippen LogP) is 3.16. The van der Waals surface area contributed by atoms with E-state index in [1.165, 1.54) is 6.08 Å². The first-order valence-corrected chi connectivity index (χ1v) is 10.1. The van der Waals surface area contributed by atoms with Crippen LogP contribution in [0.4, 0.5) is 11.6 Å². The molecular formula is C19H22N6O2S. The fraction of sp³-hybridized carbons (Fsp3) is 0.368. The van der Waals surface area contributed by atoms with E-state index in [0.29, 0.717) is 11.8 Å². The number of aryl methyl sites for hydroxylation is 1. The molecule has 1 saturated carbocycles. The molecule has 3 aromatic rings. The third-order valence-corrected chi connectivity index (χ3v) is 5.61. The number of fused-ring (bicyclic) bond motifs is 1. The van der Waals surface area contributed by atoms with Crippen LogP contribution in [0.3, 0.4) is 0 Å². The van der Waals surface area contributed by atoms with Gasteiger partial charge < -0.3 is 15.4 Å². The van der Waals surface area contributed by atoms with E-state index in [-0.39, 0.29) is 18.1 Å². The van der Waals surface area contributed by atoms with Crippen molar-refractivity contribution < 1.29 is 9.53 Å². The Labute approximate surface area is 166 Å². The minimum absolute atomic E-state index is 0.0725. The molecule has 9 heteroatoms. The van der Waals surface area contributed by atoms with E-state index in [4.69, 9.17) is 4.74 Å². The summed E-state index contributed by atoms with van der Waals surface area (Å²) in [6.45, 7) is 3.50. The SMILES string of the molecule is C=CC(=O)N[C@H]1CC[C@H](Oc2nc(Nc3cnn(C)c3)nc3ccsc23)CC1. The minimum Gasteiger partial charge on any atom is -0.473 e. The third kappa shape index (κ3) is 4.14. The van der Waals surface area contributed by atoms with Crippen molar-refractivity contribution in [2.45, 2.75) is 37.8 Å². The number of hydrogen-bond donors (Lipinski definition) is 2. The highest BCUT2D eigenvalue weighted by Gasteiger charge is 2.24. The molecule has 1 amide bonds. The Bertz CT molecular complexity index is 989. The maximum absolute atomic E-state index is 11.5. The van der Waals surface area contributed by atoms with Gasteiger partial charge in [-0.1, -0.05) is 6.58 Å². The molecule has 0 spiro atoms. The van der Waals surface area contributed by atoms with Crippen molar-refractivity contribution in [1.29, 1.82) is 0 Å². The summed E-state index contributed by atoms with van der Waals surface area (Å²) in [6, 6.07) is 2.14. The highest BCUT2D eigenvalue weighted by atomic mass is 32.1. The molecule has 146 valence electrons. The summed E-state index contributed by atoms with van der Waals surface area (Å²) >= 11 is 1.57. The van der Waals surface area contributed by atoms with Gasteiger partial charge in [-0.15, -0.1) is 11.3 Å². The number of nitrogens with zero attached hydrogens (tertiary/aromatic N) is 4. The van der Waals surface area contributed by atoms with Gasteiger partial charge in [0.2, 0.25) is 17.7 Å². The molecule has 8 nitrogen and oxygen atoms in total. The van der Waals surface area contributed by atoms with E-state index < -0.39 is 0 Å². The first-order valence-electron chi connectivity index (χ1n) is 9.21. The van der Waals surface area contributed by atoms with Crippen LogP contribution in [0.15, 0.2) is 36.5 Å². The quantitative estimate of drug-likeness (QED) is 0.620. The van der Waals surface area contributed by atoms with E-state index in [2.05, 4.69) is 32.3 Å². The average molecular weight is 398 g/mol. The number of carbonyl (C=O) groups excluding carboxylic acids is 1. The first kappa shape index (κ1) is 18.4. The lowest BCUT2D eigenvalue weighted by Gasteiger charge is -2.29. The van der Waals surface area contributed by atoms with Gasteiger partial charge in [-0.25, -0.2) is 4.98 Å². The largest absolute Gasteiger partial charge is 0.473 e. The third-order valence-electron chi connectivity index (χ3n) is 4.72. The van der Waals surface area contributed by atoms with Gasteiger partial charge in [-0.2, -0.15) is 10.1 Å². The normalized spacial score (nSPS) is 19.3. The molecule has 0 bridgehead atoms. The van der Waals surface area contributed by atoms with Gasteiger partial charge in [0.05, 0.1) is 17.4 Å². The zero-order chi connectivity index (χ0) is 19.5. The lowest BCUT2D eigenvalue weighted by Crippen LogP contribution is -2.39. The second-order valence-corrected chi connectivity index (χ2v) is 7.74. The van der Waals surface area contributed by atoms with Gasteiger partial charge >= 0.3 is 0 Å². The standard InChI is InChI=1S/C19H22N6O2S/c1-3-16(26)21-12-4-6-14(7-5-12)27-18-17-15(8-9-28-17)23-19(24-18)22-13-10-20-25(2)11-13/h3,8-12,14H,1,4-7H2,2H3,(H,21,26)(H,22,23,24)/t12-,14-. The molecule has 2 N–H and O–H groups in total. The van der Waals surface area contributed by atoms with Gasteiger partial charge in [-0.3, -0.25) is 9.48 Å². The van der Waals surface area contributed by atoms with Crippen LogP contribution in [0.2, 0.25) is 0 Å². The molecule has 3 aromatic heterocycles. The molecule has 28 heavy (non-hydrogen) atoms. The van der Waals surface area contributed by atoms with E-state index in [1.54, 1.807) is 22.2 Å². The van der Waals surface area contributed by atoms with Crippen LogP contribution >= 0.6 is 11.3 Å². The van der Waals surface area contributed by atoms with Gasteiger partial charge in [-0.05, 0) is 43.2 Å². The van der Waals surface area contributed by atoms with Crippen molar-refractivity contribution in [2.75, 3.05) is 5.32 Å². The van der Waals surface area contributed by atoms with Crippen molar-refractivity contribution in [1.82, 2.24) is 25.1 Å². The van der Waals surface area contributed by atoms with Crippen LogP contribution in [0.25, 0.3) is 10.2 Å². The molecule has 0 aliphatic heterocycles. The number of thiophene rings is 1. The number of rotatable bonds is 6. The Balaban J connectivity index is 1.47. The monoisotopic (exact) mass is 398 g/mol. The molecule has 0 aromatic carbocycles. The summed E-state index contributed by atoms with van der Waals surface area (Å²) in [5.41, 5.74) is 1.68. The van der Waals surface area contributed by atoms with Crippen molar-refractivity contribution in [2.24, 2.45) is 7.05 Å². The molecule has 3 heterocycles. The van der Waals surface area contributed by atoms with Crippen LogP contribution < -0.4 is 15.4 Å². The molecule has 0 radical (unpaired) electrons. The van der Waals surface area contributed by atoms with Gasteiger partial charge in [0.1, 0.15) is 10.8 Å². The summed E-state index contributed by atoms with van der Waals surface area (Å²) in [4.78, 5) is 20.6. The highest BCUT2D eigenvalue weighted by Crippen LogP contribution is 2.32. The van der Waals surface area contributed by atoms with Crippen molar-refractivity contribution in [3.8, 4) is 5.88 Å². The summed E-state index contributed by atoms with van der Waals surface area (Å²) in [7, 11) is 1.86. The Hall–Kier alpha value is -2.94. The minimum atomic E-state index is -0.119. The van der Waals surface area contributed by atoms with E-state index in [0.717, 1.165) is 41.6 Å². The van der Waals surface area contributed by atoms with E-state index in [1.807, 2.05) is 24.7 Å². The van der Waals surface area contributed by atoms with E-state index in [9.17, 15) is 4.79 Å². The zero-order valence-corrected chi connectivity index (χ0v) is 16.4. The lowest BCUT2D eigenvalue weighted by atomic mass is 9.93. The molecule has 1 fully saturated rings. The zero-order valence-electron chi connectivity index (χ0n) is 15.6. The smallest absolute Gasteiger partial charge is 0.243 e. The second kappa shape index (κ2) is 7.97. The first-order chi connectivity index (χ1) is 13.6. The van der Waals surface area contributed by atoms with Crippen LogP contribution in [0.5, 0.6) is 5.88 Å². The van der Waals surface area contributed by atoms with Gasteiger partial charge in [0.25, 0.3) is 0 Å². The summed E-state index contributed by atoms with van der Waals surface area (Å²) < 4.78 is 8.91. The van der Waals surface area contributed by atoms with E-state index >= 15 is 0 Å². The van der Waals surface area contributed by atoms with Crippen molar-refractivity contribution in [3.63, 3.8) is 0 Å². The number of ether oxygens (including phenoxy) is 1. The molecule has 1 aliphatic rings. The number of nitrogens with one attached hydrogen (secondary N) is 2. The number of anilines is 2. The molecular weight excluding hydrogens is 376 g/mol.